The van der Waals surface area contributed by atoms with E-state index in [-0.39, 0.29) is 0 Å². The molecule has 372 valence electrons. The van der Waals surface area contributed by atoms with Crippen LogP contribution < -0.4 is 9.80 Å². The summed E-state index contributed by atoms with van der Waals surface area (Å²) in [4.78, 5) is 4.89. The summed E-state index contributed by atoms with van der Waals surface area (Å²) < 4.78 is 13.8. The van der Waals surface area contributed by atoms with Crippen LogP contribution in [0.25, 0.3) is 110 Å². The number of hydrogen-bond acceptors (Lipinski definition) is 4. The maximum atomic E-state index is 6.94. The van der Waals surface area contributed by atoms with Gasteiger partial charge in [0.05, 0.1) is 28.4 Å². The maximum Gasteiger partial charge on any atom is 0.159 e. The highest BCUT2D eigenvalue weighted by atomic mass is 16.3. The van der Waals surface area contributed by atoms with E-state index < -0.39 is 5.41 Å². The fourth-order valence-electron chi connectivity index (χ4n) is 13.3. The molecule has 13 aromatic carbocycles. The van der Waals surface area contributed by atoms with Crippen molar-refractivity contribution in [1.82, 2.24) is 0 Å². The predicted molar refractivity (Wildman–Crippen MR) is 331 cm³/mol. The van der Waals surface area contributed by atoms with E-state index >= 15 is 0 Å². The fourth-order valence-corrected chi connectivity index (χ4v) is 13.3. The second-order valence-electron chi connectivity index (χ2n) is 21.5. The van der Waals surface area contributed by atoms with Crippen molar-refractivity contribution in [2.24, 2.45) is 0 Å². The van der Waals surface area contributed by atoms with E-state index in [2.05, 4.69) is 285 Å². The Kier molecular flexibility index (Phi) is 9.95. The van der Waals surface area contributed by atoms with Crippen molar-refractivity contribution >= 4 is 110 Å². The van der Waals surface area contributed by atoms with Gasteiger partial charge in [-0.2, -0.15) is 0 Å². The third-order valence-electron chi connectivity index (χ3n) is 16.8. The zero-order valence-electron chi connectivity index (χ0n) is 43.6. The van der Waals surface area contributed by atoms with Crippen LogP contribution in [0.1, 0.15) is 25.0 Å². The first kappa shape index (κ1) is 45.1. The van der Waals surface area contributed by atoms with Crippen LogP contribution in [0.3, 0.4) is 0 Å². The van der Waals surface area contributed by atoms with Gasteiger partial charge in [0, 0.05) is 49.2 Å². The molecule has 0 atom stereocenters. The predicted octanol–water partition coefficient (Wildman–Crippen LogP) is 21.5. The lowest BCUT2D eigenvalue weighted by molar-refractivity contribution is 0.666. The third kappa shape index (κ3) is 6.74. The van der Waals surface area contributed by atoms with Gasteiger partial charge in [-0.15, -0.1) is 0 Å². The molecule has 0 saturated heterocycles. The summed E-state index contributed by atoms with van der Waals surface area (Å²) in [7, 11) is 0. The lowest BCUT2D eigenvalue weighted by Crippen LogP contribution is -2.18. The molecule has 16 rings (SSSR count). The van der Waals surface area contributed by atoms with Gasteiger partial charge in [0.15, 0.2) is 11.2 Å². The molecule has 0 N–H and O–H groups in total. The summed E-state index contributed by atoms with van der Waals surface area (Å²) in [5.74, 6) is 0. The van der Waals surface area contributed by atoms with Gasteiger partial charge in [0.25, 0.3) is 0 Å². The van der Waals surface area contributed by atoms with Crippen molar-refractivity contribution in [2.45, 2.75) is 19.3 Å². The summed E-state index contributed by atoms with van der Waals surface area (Å²) in [6.07, 6.45) is 0. The highest BCUT2D eigenvalue weighted by molar-refractivity contribution is 6.24. The minimum Gasteiger partial charge on any atom is -0.454 e. The fraction of sp³-hybridized carbons (Fsp3) is 0.0400. The minimum absolute atomic E-state index is 0.442. The quantitative estimate of drug-likeness (QED) is 0.142. The number of hydrogen-bond donors (Lipinski definition) is 0. The lowest BCUT2D eigenvalue weighted by atomic mass is 9.78. The van der Waals surface area contributed by atoms with E-state index in [1.807, 2.05) is 6.07 Å². The molecular formula is C75H50N2O2. The molecule has 79 heavy (non-hydrogen) atoms. The molecule has 2 aromatic heterocycles. The van der Waals surface area contributed by atoms with Crippen molar-refractivity contribution in [1.29, 1.82) is 0 Å². The Morgan fingerprint density at radius 2 is 0.734 bits per heavy atom. The standard InChI is InChI=1S/C75H50N2O2/c1-75(2)62-46-67(77(64-38-18-14-28-51(64)48-25-7-4-8-26-48)66-40-22-36-60-55-32-16-20-42-69(55)79-74(60)66)53-30-10-12-34-57(53)70(62)71-56-33-11-9-29-52(56)61-45-49(43-44-58(61)72(71)75)76(63-37-17-13-27-50(63)47-23-5-3-6-24-47)65-39-21-35-59-54-31-15-19-41-68(54)78-73(59)65/h3-46H,1-2H3. The number of fused-ring (bicyclic) bond motifs is 16. The van der Waals surface area contributed by atoms with Gasteiger partial charge in [-0.1, -0.05) is 226 Å². The summed E-state index contributed by atoms with van der Waals surface area (Å²) >= 11 is 0. The highest BCUT2D eigenvalue weighted by Crippen LogP contribution is 2.60. The van der Waals surface area contributed by atoms with Crippen molar-refractivity contribution in [2.75, 3.05) is 9.80 Å². The average Bonchev–Trinajstić information content (AvgIpc) is 4.27. The summed E-state index contributed by atoms with van der Waals surface area (Å²) in [5, 5.41) is 11.6. The number of rotatable bonds is 8. The van der Waals surface area contributed by atoms with Crippen LogP contribution >= 0.6 is 0 Å². The molecule has 0 saturated carbocycles. The van der Waals surface area contributed by atoms with Crippen LogP contribution in [0.2, 0.25) is 0 Å². The first-order chi connectivity index (χ1) is 39.0. The van der Waals surface area contributed by atoms with E-state index in [0.29, 0.717) is 0 Å². The number of nitrogens with zero attached hydrogens (tertiary/aromatic N) is 2. The number of para-hydroxylation sites is 6. The topological polar surface area (TPSA) is 32.8 Å². The monoisotopic (exact) mass is 1010 g/mol. The SMILES string of the molecule is CC1(C)c2cc(N(c3ccccc3-c3ccccc3)c3cccc4c3oc3ccccc34)c3ccccc3c2-c2c1c1ccc(N(c3ccccc3-c3ccccc3)c3cccc4c3oc3ccccc34)cc1c1ccccc21. The van der Waals surface area contributed by atoms with Crippen molar-refractivity contribution < 1.29 is 8.83 Å². The number of anilines is 6. The van der Waals surface area contributed by atoms with Gasteiger partial charge in [-0.25, -0.2) is 0 Å². The Morgan fingerprint density at radius 1 is 0.291 bits per heavy atom. The molecule has 0 spiro atoms. The van der Waals surface area contributed by atoms with Gasteiger partial charge in [0.1, 0.15) is 11.2 Å². The summed E-state index contributed by atoms with van der Waals surface area (Å²) in [6, 6.07) is 96.7. The summed E-state index contributed by atoms with van der Waals surface area (Å²) in [6.45, 7) is 4.87. The van der Waals surface area contributed by atoms with Gasteiger partial charge in [0.2, 0.25) is 0 Å². The number of benzene rings is 13. The van der Waals surface area contributed by atoms with Crippen molar-refractivity contribution in [3.05, 3.63) is 278 Å². The van der Waals surface area contributed by atoms with Crippen LogP contribution in [-0.2, 0) is 5.41 Å². The van der Waals surface area contributed by atoms with Crippen LogP contribution in [0.4, 0.5) is 34.1 Å². The van der Waals surface area contributed by atoms with Gasteiger partial charge >= 0.3 is 0 Å². The first-order valence-electron chi connectivity index (χ1n) is 27.2. The largest absolute Gasteiger partial charge is 0.454 e. The Morgan fingerprint density at radius 3 is 1.33 bits per heavy atom. The second kappa shape index (κ2) is 17.4. The Labute approximate surface area is 457 Å². The molecule has 2 heterocycles. The van der Waals surface area contributed by atoms with Crippen LogP contribution in [-0.4, -0.2) is 0 Å². The van der Waals surface area contributed by atoms with E-state index in [0.717, 1.165) is 106 Å². The smallest absolute Gasteiger partial charge is 0.159 e. The molecule has 1 aliphatic rings. The zero-order valence-corrected chi connectivity index (χ0v) is 43.6. The zero-order chi connectivity index (χ0) is 52.3. The maximum absolute atomic E-state index is 6.94. The van der Waals surface area contributed by atoms with Crippen molar-refractivity contribution in [3.63, 3.8) is 0 Å². The van der Waals surface area contributed by atoms with Crippen LogP contribution in [0.15, 0.2) is 276 Å². The van der Waals surface area contributed by atoms with E-state index in [1.54, 1.807) is 0 Å². The van der Waals surface area contributed by atoms with Crippen LogP contribution in [0, 0.1) is 0 Å². The van der Waals surface area contributed by atoms with E-state index in [1.165, 1.54) is 49.2 Å². The lowest BCUT2D eigenvalue weighted by Gasteiger charge is -2.31. The minimum atomic E-state index is -0.442. The van der Waals surface area contributed by atoms with E-state index in [4.69, 9.17) is 8.83 Å². The molecule has 4 nitrogen and oxygen atoms in total. The van der Waals surface area contributed by atoms with Gasteiger partial charge in [-0.3, -0.25) is 0 Å². The molecule has 4 heteroatoms. The molecule has 0 radical (unpaired) electrons. The molecular weight excluding hydrogens is 961 g/mol. The first-order valence-corrected chi connectivity index (χ1v) is 27.2. The normalized spacial score (nSPS) is 12.8. The van der Waals surface area contributed by atoms with Crippen molar-refractivity contribution in [3.8, 4) is 33.4 Å². The number of furan rings is 2. The molecule has 0 unspecified atom stereocenters. The molecule has 0 amide bonds. The second-order valence-corrected chi connectivity index (χ2v) is 21.5. The Hall–Kier alpha value is -10.2. The highest BCUT2D eigenvalue weighted by Gasteiger charge is 2.41. The van der Waals surface area contributed by atoms with Gasteiger partial charge in [-0.05, 0) is 115 Å². The summed E-state index contributed by atoms with van der Waals surface area (Å²) in [5.41, 5.74) is 19.0. The Balaban J connectivity index is 0.958. The molecule has 1 aliphatic carbocycles. The molecule has 0 fully saturated rings. The molecule has 15 aromatic rings. The van der Waals surface area contributed by atoms with E-state index in [9.17, 15) is 0 Å². The average molecular weight is 1010 g/mol. The molecule has 0 bridgehead atoms. The third-order valence-corrected chi connectivity index (χ3v) is 16.8. The Bertz CT molecular complexity index is 4950. The molecule has 0 aliphatic heterocycles. The van der Waals surface area contributed by atoms with Crippen LogP contribution in [0.5, 0.6) is 0 Å². The van der Waals surface area contributed by atoms with Gasteiger partial charge < -0.3 is 18.6 Å².